The van der Waals surface area contributed by atoms with Gasteiger partial charge in [-0.3, -0.25) is 14.5 Å². The average Bonchev–Trinajstić information content (AvgIpc) is 3.05. The van der Waals surface area contributed by atoms with E-state index in [2.05, 4.69) is 9.97 Å². The van der Waals surface area contributed by atoms with Crippen LogP contribution >= 0.6 is 11.6 Å². The van der Waals surface area contributed by atoms with Gasteiger partial charge < -0.3 is 19.7 Å². The number of nitrogens with zero attached hydrogens (tertiary/aromatic N) is 5. The number of aromatic nitrogens is 3. The Balaban J connectivity index is 1.65. The van der Waals surface area contributed by atoms with Crippen molar-refractivity contribution in [2.24, 2.45) is 0 Å². The monoisotopic (exact) mass is 429 g/mol. The van der Waals surface area contributed by atoms with Gasteiger partial charge >= 0.3 is 11.9 Å². The maximum absolute atomic E-state index is 12.3. The number of carbonyl (C=O) groups is 2. The number of rotatable bonds is 6. The Bertz CT molecular complexity index is 1080. The summed E-state index contributed by atoms with van der Waals surface area (Å²) in [5.74, 6) is -1.37. The number of anilines is 1. The Hall–Kier alpha value is -3.17. The molecule has 156 valence electrons. The van der Waals surface area contributed by atoms with Gasteiger partial charge in [0.05, 0.1) is 5.52 Å². The van der Waals surface area contributed by atoms with Crippen LogP contribution in [0, 0.1) is 0 Å². The maximum atomic E-state index is 12.3. The highest BCUT2D eigenvalue weighted by Crippen LogP contribution is 2.33. The van der Waals surface area contributed by atoms with Gasteiger partial charge in [-0.1, -0.05) is 17.7 Å². The third-order valence-electron chi connectivity index (χ3n) is 5.22. The molecule has 1 fully saturated rings. The fourth-order valence-corrected chi connectivity index (χ4v) is 4.07. The SMILES string of the molecule is O=C(O)Cn1cc(C(C(=O)O)N2CCN(c3ncccn3)CC2)c2ccc(Cl)cc21. The lowest BCUT2D eigenvalue weighted by Crippen LogP contribution is -2.49. The van der Waals surface area contributed by atoms with E-state index in [0.717, 1.165) is 0 Å². The first kappa shape index (κ1) is 20.1. The molecule has 0 saturated carbocycles. The normalized spacial score (nSPS) is 16.0. The van der Waals surface area contributed by atoms with E-state index in [1.165, 1.54) is 4.57 Å². The maximum Gasteiger partial charge on any atom is 0.325 e. The number of fused-ring (bicyclic) bond motifs is 1. The number of halogens is 1. The van der Waals surface area contributed by atoms with E-state index in [1.807, 2.05) is 9.80 Å². The van der Waals surface area contributed by atoms with E-state index < -0.39 is 18.0 Å². The summed E-state index contributed by atoms with van der Waals surface area (Å²) in [7, 11) is 0. The van der Waals surface area contributed by atoms with Crippen LogP contribution in [0.1, 0.15) is 11.6 Å². The van der Waals surface area contributed by atoms with Gasteiger partial charge in [-0.25, -0.2) is 9.97 Å². The summed E-state index contributed by atoms with van der Waals surface area (Å²) >= 11 is 6.10. The predicted octanol–water partition coefficient (Wildman–Crippen LogP) is 2.12. The zero-order valence-electron chi connectivity index (χ0n) is 16.0. The van der Waals surface area contributed by atoms with Crippen molar-refractivity contribution in [2.75, 3.05) is 31.1 Å². The fraction of sp³-hybridized carbons (Fsp3) is 0.300. The van der Waals surface area contributed by atoms with Crippen molar-refractivity contribution in [3.8, 4) is 0 Å². The van der Waals surface area contributed by atoms with E-state index in [0.29, 0.717) is 53.6 Å². The van der Waals surface area contributed by atoms with Gasteiger partial charge in [-0.15, -0.1) is 0 Å². The molecule has 1 atom stereocenters. The second-order valence-electron chi connectivity index (χ2n) is 7.08. The van der Waals surface area contributed by atoms with Crippen LogP contribution in [-0.4, -0.2) is 67.8 Å². The lowest BCUT2D eigenvalue weighted by molar-refractivity contribution is -0.143. The fourth-order valence-electron chi connectivity index (χ4n) is 3.91. The van der Waals surface area contributed by atoms with E-state index >= 15 is 0 Å². The van der Waals surface area contributed by atoms with Crippen LogP contribution in [0.15, 0.2) is 42.9 Å². The smallest absolute Gasteiger partial charge is 0.325 e. The number of hydrogen-bond donors (Lipinski definition) is 2. The van der Waals surface area contributed by atoms with Crippen LogP contribution in [0.2, 0.25) is 5.02 Å². The topological polar surface area (TPSA) is 112 Å². The van der Waals surface area contributed by atoms with Crippen molar-refractivity contribution in [2.45, 2.75) is 12.6 Å². The molecule has 9 nitrogen and oxygen atoms in total. The number of carboxylic acid groups (broad SMARTS) is 2. The molecule has 0 aliphatic carbocycles. The molecule has 30 heavy (non-hydrogen) atoms. The minimum absolute atomic E-state index is 0.275. The van der Waals surface area contributed by atoms with Crippen molar-refractivity contribution in [1.82, 2.24) is 19.4 Å². The molecule has 1 unspecified atom stereocenters. The Kier molecular flexibility index (Phi) is 5.56. The zero-order chi connectivity index (χ0) is 21.3. The molecular formula is C20H20ClN5O4. The minimum Gasteiger partial charge on any atom is -0.480 e. The summed E-state index contributed by atoms with van der Waals surface area (Å²) in [6.07, 6.45) is 4.97. The Morgan fingerprint density at radius 2 is 1.80 bits per heavy atom. The van der Waals surface area contributed by atoms with Crippen molar-refractivity contribution < 1.29 is 19.8 Å². The van der Waals surface area contributed by atoms with Gasteiger partial charge in [0.25, 0.3) is 0 Å². The van der Waals surface area contributed by atoms with Gasteiger partial charge in [0.2, 0.25) is 5.95 Å². The molecule has 2 N–H and O–H groups in total. The van der Waals surface area contributed by atoms with Crippen LogP contribution in [0.4, 0.5) is 5.95 Å². The molecule has 10 heteroatoms. The second kappa shape index (κ2) is 8.29. The molecule has 2 aromatic heterocycles. The molecule has 1 aliphatic rings. The standard InChI is InChI=1S/C20H20ClN5O4/c21-13-2-3-14-15(11-26(12-17(27)28)16(14)10-13)18(19(29)30)24-6-8-25(9-7-24)20-22-4-1-5-23-20/h1-5,10-11,18H,6-9,12H2,(H,27,28)(H,29,30). The number of hydrogen-bond acceptors (Lipinski definition) is 6. The van der Waals surface area contributed by atoms with E-state index in [9.17, 15) is 19.8 Å². The van der Waals surface area contributed by atoms with Crippen molar-refractivity contribution in [1.29, 1.82) is 0 Å². The summed E-state index contributed by atoms with van der Waals surface area (Å²) in [6.45, 7) is 1.92. The van der Waals surface area contributed by atoms with Crippen molar-refractivity contribution in [3.05, 3.63) is 53.4 Å². The van der Waals surface area contributed by atoms with Crippen LogP contribution in [0.25, 0.3) is 10.9 Å². The quantitative estimate of drug-likeness (QED) is 0.612. The van der Waals surface area contributed by atoms with E-state index in [4.69, 9.17) is 11.6 Å². The molecule has 0 bridgehead atoms. The summed E-state index contributed by atoms with van der Waals surface area (Å²) in [5, 5.41) is 20.4. The predicted molar refractivity (Wildman–Crippen MR) is 111 cm³/mol. The zero-order valence-corrected chi connectivity index (χ0v) is 16.7. The first-order valence-corrected chi connectivity index (χ1v) is 9.81. The number of benzene rings is 1. The molecule has 1 aliphatic heterocycles. The molecule has 0 amide bonds. The van der Waals surface area contributed by atoms with Gasteiger partial charge in [0, 0.05) is 60.7 Å². The van der Waals surface area contributed by atoms with E-state index in [1.54, 1.807) is 42.9 Å². The summed E-state index contributed by atoms with van der Waals surface area (Å²) in [4.78, 5) is 36.0. The average molecular weight is 430 g/mol. The molecule has 1 saturated heterocycles. The first-order valence-electron chi connectivity index (χ1n) is 9.43. The number of piperazine rings is 1. The Morgan fingerprint density at radius 3 is 2.43 bits per heavy atom. The Morgan fingerprint density at radius 1 is 1.10 bits per heavy atom. The second-order valence-corrected chi connectivity index (χ2v) is 7.52. The summed E-state index contributed by atoms with van der Waals surface area (Å²) < 4.78 is 1.53. The molecular weight excluding hydrogens is 410 g/mol. The molecule has 4 rings (SSSR count). The molecule has 1 aromatic carbocycles. The van der Waals surface area contributed by atoms with E-state index in [-0.39, 0.29) is 6.54 Å². The minimum atomic E-state index is -1.01. The molecule has 0 spiro atoms. The number of aliphatic carboxylic acids is 2. The van der Waals surface area contributed by atoms with Crippen LogP contribution in [0.5, 0.6) is 0 Å². The third-order valence-corrected chi connectivity index (χ3v) is 5.46. The van der Waals surface area contributed by atoms with Gasteiger partial charge in [-0.05, 0) is 18.2 Å². The lowest BCUT2D eigenvalue weighted by atomic mass is 10.0. The van der Waals surface area contributed by atoms with Crippen LogP contribution in [0.3, 0.4) is 0 Å². The van der Waals surface area contributed by atoms with Gasteiger partial charge in [0.15, 0.2) is 0 Å². The largest absolute Gasteiger partial charge is 0.480 e. The molecule has 3 aromatic rings. The number of carboxylic acids is 2. The highest BCUT2D eigenvalue weighted by atomic mass is 35.5. The van der Waals surface area contributed by atoms with Crippen molar-refractivity contribution >= 4 is 40.4 Å². The highest BCUT2D eigenvalue weighted by Gasteiger charge is 2.33. The Labute approximate surface area is 177 Å². The summed E-state index contributed by atoms with van der Waals surface area (Å²) in [6, 6.07) is 5.94. The lowest BCUT2D eigenvalue weighted by Gasteiger charge is -2.37. The molecule has 3 heterocycles. The first-order chi connectivity index (χ1) is 14.4. The van der Waals surface area contributed by atoms with Crippen LogP contribution in [-0.2, 0) is 16.1 Å². The van der Waals surface area contributed by atoms with Crippen molar-refractivity contribution in [3.63, 3.8) is 0 Å². The van der Waals surface area contributed by atoms with Gasteiger partial charge in [0.1, 0.15) is 12.6 Å². The molecule has 0 radical (unpaired) electrons. The third kappa shape index (κ3) is 3.94. The highest BCUT2D eigenvalue weighted by molar-refractivity contribution is 6.31. The summed E-state index contributed by atoms with van der Waals surface area (Å²) in [5.41, 5.74) is 1.15. The van der Waals surface area contributed by atoms with Gasteiger partial charge in [-0.2, -0.15) is 0 Å². The van der Waals surface area contributed by atoms with Crippen LogP contribution < -0.4 is 4.90 Å².